The van der Waals surface area contributed by atoms with Crippen molar-refractivity contribution in [2.75, 3.05) is 12.3 Å². The molecule has 2 unspecified atom stereocenters. The topological polar surface area (TPSA) is 114 Å². The number of carbonyl (C=O) groups excluding carboxylic acids is 2. The van der Waals surface area contributed by atoms with Crippen LogP contribution in [0.25, 0.3) is 0 Å². The molecule has 176 valence electrons. The summed E-state index contributed by atoms with van der Waals surface area (Å²) in [6.45, 7) is 4.76. The molecular formula is C26H35N5O2. The maximum absolute atomic E-state index is 12.9. The Morgan fingerprint density at radius 3 is 2.52 bits per heavy atom. The Bertz CT molecular complexity index is 1000. The van der Waals surface area contributed by atoms with Gasteiger partial charge in [-0.3, -0.25) is 14.5 Å². The first-order chi connectivity index (χ1) is 15.8. The molecule has 1 aromatic heterocycles. The van der Waals surface area contributed by atoms with E-state index in [0.717, 1.165) is 23.6 Å². The molecule has 2 aliphatic rings. The van der Waals surface area contributed by atoms with Crippen LogP contribution in [0.3, 0.4) is 0 Å². The van der Waals surface area contributed by atoms with Crippen molar-refractivity contribution in [1.82, 2.24) is 15.2 Å². The predicted molar refractivity (Wildman–Crippen MR) is 129 cm³/mol. The number of nitrogens with zero attached hydrogens (tertiary/aromatic N) is 2. The van der Waals surface area contributed by atoms with Crippen LogP contribution in [0.2, 0.25) is 0 Å². The minimum Gasteiger partial charge on any atom is -0.384 e. The normalized spacial score (nSPS) is 22.0. The molecule has 1 saturated carbocycles. The van der Waals surface area contributed by atoms with Crippen molar-refractivity contribution >= 4 is 17.6 Å². The summed E-state index contributed by atoms with van der Waals surface area (Å²) in [4.78, 5) is 31.3. The van der Waals surface area contributed by atoms with E-state index < -0.39 is 12.1 Å². The molecule has 3 atom stereocenters. The van der Waals surface area contributed by atoms with Crippen molar-refractivity contribution in [1.29, 1.82) is 0 Å². The van der Waals surface area contributed by atoms with E-state index in [1.165, 1.54) is 30.4 Å². The average molecular weight is 450 g/mol. The first-order valence-electron chi connectivity index (χ1n) is 12.0. The fourth-order valence-electron chi connectivity index (χ4n) is 5.08. The SMILES string of the molecule is Cc1nc(N)ccc1CNC(=O)[C@H](C)N1CC(Cc2ccc(C3CCC3)cc2)CC1C(N)=O. The monoisotopic (exact) mass is 449 g/mol. The molecule has 1 aliphatic heterocycles. The molecule has 2 amide bonds. The second-order valence-electron chi connectivity index (χ2n) is 9.66. The first kappa shape index (κ1) is 23.2. The van der Waals surface area contributed by atoms with E-state index in [9.17, 15) is 9.59 Å². The average Bonchev–Trinajstić information content (AvgIpc) is 3.16. The van der Waals surface area contributed by atoms with Crippen molar-refractivity contribution in [2.24, 2.45) is 11.7 Å². The zero-order valence-electron chi connectivity index (χ0n) is 19.6. The number of pyridine rings is 1. The van der Waals surface area contributed by atoms with Crippen molar-refractivity contribution in [3.05, 3.63) is 58.8 Å². The minimum absolute atomic E-state index is 0.122. The van der Waals surface area contributed by atoms with E-state index in [0.29, 0.717) is 25.3 Å². The third-order valence-corrected chi connectivity index (χ3v) is 7.38. The molecule has 0 bridgehead atoms. The Morgan fingerprint density at radius 2 is 1.91 bits per heavy atom. The van der Waals surface area contributed by atoms with Gasteiger partial charge >= 0.3 is 0 Å². The molecule has 2 fully saturated rings. The van der Waals surface area contributed by atoms with Crippen molar-refractivity contribution < 1.29 is 9.59 Å². The van der Waals surface area contributed by atoms with Gasteiger partial charge in [0.05, 0.1) is 12.1 Å². The molecule has 1 aliphatic carbocycles. The van der Waals surface area contributed by atoms with Gasteiger partial charge in [0.1, 0.15) is 5.82 Å². The van der Waals surface area contributed by atoms with Crippen molar-refractivity contribution in [3.8, 4) is 0 Å². The lowest BCUT2D eigenvalue weighted by Crippen LogP contribution is -2.51. The fraction of sp³-hybridized carbons (Fsp3) is 0.500. The highest BCUT2D eigenvalue weighted by molar-refractivity contribution is 5.84. The van der Waals surface area contributed by atoms with Gasteiger partial charge in [-0.2, -0.15) is 0 Å². The molecule has 4 rings (SSSR count). The summed E-state index contributed by atoms with van der Waals surface area (Å²) in [5.41, 5.74) is 15.9. The molecule has 2 heterocycles. The van der Waals surface area contributed by atoms with E-state index >= 15 is 0 Å². The quantitative estimate of drug-likeness (QED) is 0.573. The maximum Gasteiger partial charge on any atom is 0.237 e. The van der Waals surface area contributed by atoms with E-state index in [1.54, 1.807) is 6.07 Å². The molecule has 1 saturated heterocycles. The fourth-order valence-corrected chi connectivity index (χ4v) is 5.08. The van der Waals surface area contributed by atoms with Crippen LogP contribution in [0.4, 0.5) is 5.82 Å². The summed E-state index contributed by atoms with van der Waals surface area (Å²) in [6.07, 6.45) is 5.49. The van der Waals surface area contributed by atoms with Gasteiger partial charge in [-0.1, -0.05) is 36.8 Å². The largest absolute Gasteiger partial charge is 0.384 e. The molecule has 0 spiro atoms. The highest BCUT2D eigenvalue weighted by atomic mass is 16.2. The number of hydrogen-bond donors (Lipinski definition) is 3. The number of amides is 2. The lowest BCUT2D eigenvalue weighted by molar-refractivity contribution is -0.129. The molecule has 0 radical (unpaired) electrons. The van der Waals surface area contributed by atoms with Crippen LogP contribution in [0.5, 0.6) is 0 Å². The number of primary amides is 1. The summed E-state index contributed by atoms with van der Waals surface area (Å²) in [6, 6.07) is 11.7. The Morgan fingerprint density at radius 1 is 1.18 bits per heavy atom. The van der Waals surface area contributed by atoms with Gasteiger partial charge in [-0.15, -0.1) is 0 Å². The van der Waals surface area contributed by atoms with Crippen LogP contribution in [0.1, 0.15) is 60.9 Å². The molecule has 33 heavy (non-hydrogen) atoms. The van der Waals surface area contributed by atoms with Crippen molar-refractivity contribution in [3.63, 3.8) is 0 Å². The number of aryl methyl sites for hydroxylation is 1. The zero-order valence-corrected chi connectivity index (χ0v) is 19.6. The van der Waals surface area contributed by atoms with E-state index in [2.05, 4.69) is 34.6 Å². The lowest BCUT2D eigenvalue weighted by atomic mass is 9.80. The number of carbonyl (C=O) groups is 2. The lowest BCUT2D eigenvalue weighted by Gasteiger charge is -2.28. The first-order valence-corrected chi connectivity index (χ1v) is 12.0. The van der Waals surface area contributed by atoms with E-state index in [1.807, 2.05) is 24.8 Å². The van der Waals surface area contributed by atoms with Gasteiger partial charge in [0.2, 0.25) is 11.8 Å². The summed E-state index contributed by atoms with van der Waals surface area (Å²) in [5.74, 6) is 0.989. The van der Waals surface area contributed by atoms with Crippen LogP contribution < -0.4 is 16.8 Å². The number of likely N-dealkylation sites (tertiary alicyclic amines) is 1. The number of aromatic nitrogens is 1. The van der Waals surface area contributed by atoms with Crippen LogP contribution in [0, 0.1) is 12.8 Å². The molecule has 5 N–H and O–H groups in total. The van der Waals surface area contributed by atoms with Gasteiger partial charge in [0, 0.05) is 18.8 Å². The summed E-state index contributed by atoms with van der Waals surface area (Å²) >= 11 is 0. The number of nitrogen functional groups attached to an aromatic ring is 1. The van der Waals surface area contributed by atoms with E-state index in [4.69, 9.17) is 11.5 Å². The Balaban J connectivity index is 1.36. The van der Waals surface area contributed by atoms with Crippen LogP contribution in [-0.2, 0) is 22.6 Å². The van der Waals surface area contributed by atoms with Crippen LogP contribution in [0.15, 0.2) is 36.4 Å². The summed E-state index contributed by atoms with van der Waals surface area (Å²) in [7, 11) is 0. The van der Waals surface area contributed by atoms with Crippen LogP contribution in [-0.4, -0.2) is 40.3 Å². The zero-order chi connectivity index (χ0) is 23.5. The minimum atomic E-state index is -0.449. The third kappa shape index (κ3) is 5.36. The van der Waals surface area contributed by atoms with Gasteiger partial charge < -0.3 is 16.8 Å². The number of hydrogen-bond acceptors (Lipinski definition) is 5. The summed E-state index contributed by atoms with van der Waals surface area (Å²) < 4.78 is 0. The second kappa shape index (κ2) is 9.91. The van der Waals surface area contributed by atoms with Gasteiger partial charge in [-0.25, -0.2) is 4.98 Å². The van der Waals surface area contributed by atoms with Gasteiger partial charge in [-0.05, 0) is 74.1 Å². The highest BCUT2D eigenvalue weighted by Gasteiger charge is 2.40. The molecule has 7 nitrogen and oxygen atoms in total. The number of nitrogens with two attached hydrogens (primary N) is 2. The van der Waals surface area contributed by atoms with Gasteiger partial charge in [0.25, 0.3) is 0 Å². The smallest absolute Gasteiger partial charge is 0.237 e. The third-order valence-electron chi connectivity index (χ3n) is 7.38. The second-order valence-corrected chi connectivity index (χ2v) is 9.66. The number of nitrogens with one attached hydrogen (secondary N) is 1. The molecule has 1 aromatic carbocycles. The summed E-state index contributed by atoms with van der Waals surface area (Å²) in [5, 5.41) is 2.97. The molecule has 7 heteroatoms. The van der Waals surface area contributed by atoms with E-state index in [-0.39, 0.29) is 17.7 Å². The Labute approximate surface area is 195 Å². The van der Waals surface area contributed by atoms with Crippen molar-refractivity contribution in [2.45, 2.75) is 70.5 Å². The Kier molecular flexibility index (Phi) is 6.98. The predicted octanol–water partition coefficient (Wildman–Crippen LogP) is 2.66. The Hall–Kier alpha value is -2.93. The number of rotatable bonds is 8. The molecule has 2 aromatic rings. The molecular weight excluding hydrogens is 414 g/mol. The standard InChI is InChI=1S/C26H35N5O2/c1-16-22(10-11-24(27)30-16)14-29-26(33)17(2)31-15-19(13-23(31)25(28)32)12-18-6-8-21(9-7-18)20-4-3-5-20/h6-11,17,19-20,23H,3-5,12-15H2,1-2H3,(H2,27,30)(H2,28,32)(H,29,33)/t17-,19?,23?/m0/s1. The number of benzene rings is 1. The maximum atomic E-state index is 12.9. The van der Waals surface area contributed by atoms with Crippen LogP contribution >= 0.6 is 0 Å². The number of anilines is 1. The van der Waals surface area contributed by atoms with Gasteiger partial charge in [0.15, 0.2) is 0 Å². The highest BCUT2D eigenvalue weighted by Crippen LogP contribution is 2.36.